The molecule has 0 saturated heterocycles. The van der Waals surface area contributed by atoms with Crippen LogP contribution in [0.5, 0.6) is 0 Å². The first-order valence-corrected chi connectivity index (χ1v) is 5.27. The first-order chi connectivity index (χ1) is 7.52. The number of ketones is 1. The molecule has 0 saturated carbocycles. The minimum atomic E-state index is -0.408. The average Bonchev–Trinajstić information content (AvgIpc) is 2.25. The van der Waals surface area contributed by atoms with Crippen LogP contribution in [-0.2, 0) is 11.2 Å². The number of para-hydroxylation sites is 1. The summed E-state index contributed by atoms with van der Waals surface area (Å²) in [6.45, 7) is 3.67. The van der Waals surface area contributed by atoms with Crippen LogP contribution in [0.2, 0.25) is 0 Å². The maximum atomic E-state index is 11.4. The van der Waals surface area contributed by atoms with Crippen molar-refractivity contribution < 1.29 is 9.72 Å². The predicted molar refractivity (Wildman–Crippen MR) is 61.3 cm³/mol. The molecule has 0 spiro atoms. The molecule has 1 aromatic carbocycles. The molecular formula is C12H15NO3. The van der Waals surface area contributed by atoms with Gasteiger partial charge in [0.25, 0.3) is 5.69 Å². The third-order valence-electron chi connectivity index (χ3n) is 2.47. The fourth-order valence-corrected chi connectivity index (χ4v) is 1.45. The summed E-state index contributed by atoms with van der Waals surface area (Å²) in [6.07, 6.45) is 0.802. The van der Waals surface area contributed by atoms with Gasteiger partial charge in [-0.25, -0.2) is 0 Å². The van der Waals surface area contributed by atoms with Crippen molar-refractivity contribution in [3.05, 3.63) is 39.9 Å². The lowest BCUT2D eigenvalue weighted by atomic mass is 10.0. The molecule has 86 valence electrons. The van der Waals surface area contributed by atoms with Gasteiger partial charge in [-0.15, -0.1) is 0 Å². The largest absolute Gasteiger partial charge is 0.299 e. The monoisotopic (exact) mass is 221 g/mol. The van der Waals surface area contributed by atoms with E-state index in [0.29, 0.717) is 18.4 Å². The Labute approximate surface area is 94.4 Å². The van der Waals surface area contributed by atoms with Crippen LogP contribution in [-0.4, -0.2) is 10.7 Å². The second-order valence-electron chi connectivity index (χ2n) is 4.01. The molecule has 4 nitrogen and oxygen atoms in total. The second kappa shape index (κ2) is 5.39. The Morgan fingerprint density at radius 3 is 2.56 bits per heavy atom. The molecule has 0 heterocycles. The summed E-state index contributed by atoms with van der Waals surface area (Å²) in [5.74, 6) is 0.126. The van der Waals surface area contributed by atoms with E-state index in [1.54, 1.807) is 18.2 Å². The number of carbonyl (C=O) groups is 1. The Bertz CT molecular complexity index is 399. The van der Waals surface area contributed by atoms with E-state index in [1.165, 1.54) is 6.07 Å². The molecule has 0 amide bonds. The van der Waals surface area contributed by atoms with E-state index < -0.39 is 4.92 Å². The summed E-state index contributed by atoms with van der Waals surface area (Å²) in [4.78, 5) is 21.7. The highest BCUT2D eigenvalue weighted by Crippen LogP contribution is 2.19. The number of carbonyl (C=O) groups excluding carboxylic acids is 1. The van der Waals surface area contributed by atoms with Gasteiger partial charge in [0.05, 0.1) is 4.92 Å². The Hall–Kier alpha value is -1.71. The predicted octanol–water partition coefficient (Wildman–Crippen LogP) is 2.75. The Morgan fingerprint density at radius 1 is 1.38 bits per heavy atom. The molecule has 0 aliphatic carbocycles. The van der Waals surface area contributed by atoms with Gasteiger partial charge in [-0.05, 0) is 6.42 Å². The highest BCUT2D eigenvalue weighted by Gasteiger charge is 2.14. The zero-order chi connectivity index (χ0) is 12.1. The quantitative estimate of drug-likeness (QED) is 0.567. The average molecular weight is 221 g/mol. The third kappa shape index (κ3) is 3.15. The van der Waals surface area contributed by atoms with Gasteiger partial charge < -0.3 is 0 Å². The number of aryl methyl sites for hydroxylation is 1. The zero-order valence-corrected chi connectivity index (χ0v) is 9.47. The number of hydrogen-bond donors (Lipinski definition) is 0. The lowest BCUT2D eigenvalue weighted by Crippen LogP contribution is -2.08. The van der Waals surface area contributed by atoms with Crippen LogP contribution in [0.25, 0.3) is 0 Å². The minimum Gasteiger partial charge on any atom is -0.299 e. The van der Waals surface area contributed by atoms with Crippen molar-refractivity contribution in [2.75, 3.05) is 0 Å². The number of benzene rings is 1. The first kappa shape index (κ1) is 12.4. The number of nitrogens with zero attached hydrogens (tertiary/aromatic N) is 1. The molecular weight excluding hydrogens is 206 g/mol. The number of Topliss-reactive ketones (excluding diaryl/α,β-unsaturated/α-hetero) is 1. The fraction of sp³-hybridized carbons (Fsp3) is 0.417. The van der Waals surface area contributed by atoms with Crippen molar-refractivity contribution in [1.29, 1.82) is 0 Å². The Balaban J connectivity index is 2.74. The molecule has 1 aromatic rings. The molecule has 16 heavy (non-hydrogen) atoms. The molecule has 0 unspecified atom stereocenters. The maximum Gasteiger partial charge on any atom is 0.272 e. The van der Waals surface area contributed by atoms with E-state index in [0.717, 1.165) is 0 Å². The van der Waals surface area contributed by atoms with Gasteiger partial charge in [0.15, 0.2) is 0 Å². The normalized spacial score (nSPS) is 10.4. The second-order valence-corrected chi connectivity index (χ2v) is 4.01. The van der Waals surface area contributed by atoms with E-state index in [2.05, 4.69) is 0 Å². The van der Waals surface area contributed by atoms with Crippen LogP contribution in [0.15, 0.2) is 24.3 Å². The third-order valence-corrected chi connectivity index (χ3v) is 2.47. The molecule has 0 aliphatic rings. The molecule has 0 bridgehead atoms. The van der Waals surface area contributed by atoms with Gasteiger partial charge >= 0.3 is 0 Å². The molecule has 0 fully saturated rings. The highest BCUT2D eigenvalue weighted by atomic mass is 16.6. The summed E-state index contributed by atoms with van der Waals surface area (Å²) >= 11 is 0. The van der Waals surface area contributed by atoms with E-state index >= 15 is 0 Å². The van der Waals surface area contributed by atoms with Gasteiger partial charge in [-0.3, -0.25) is 14.9 Å². The summed E-state index contributed by atoms with van der Waals surface area (Å²) in [7, 11) is 0. The van der Waals surface area contributed by atoms with E-state index in [4.69, 9.17) is 0 Å². The van der Waals surface area contributed by atoms with Crippen LogP contribution >= 0.6 is 0 Å². The smallest absolute Gasteiger partial charge is 0.272 e. The summed E-state index contributed by atoms with van der Waals surface area (Å²) < 4.78 is 0. The van der Waals surface area contributed by atoms with Crippen molar-refractivity contribution >= 4 is 11.5 Å². The molecule has 0 radical (unpaired) electrons. The molecule has 0 N–H and O–H groups in total. The molecule has 1 rings (SSSR count). The lowest BCUT2D eigenvalue weighted by molar-refractivity contribution is -0.385. The van der Waals surface area contributed by atoms with Crippen LogP contribution in [0.1, 0.15) is 25.8 Å². The molecule has 0 atom stereocenters. The van der Waals surface area contributed by atoms with Gasteiger partial charge in [0, 0.05) is 24.0 Å². The number of nitro groups is 1. The highest BCUT2D eigenvalue weighted by molar-refractivity contribution is 5.80. The Morgan fingerprint density at radius 2 is 2.00 bits per heavy atom. The Kier molecular flexibility index (Phi) is 4.17. The van der Waals surface area contributed by atoms with E-state index in [1.807, 2.05) is 13.8 Å². The molecule has 0 aromatic heterocycles. The van der Waals surface area contributed by atoms with Crippen molar-refractivity contribution in [3.8, 4) is 0 Å². The fourth-order valence-electron chi connectivity index (χ4n) is 1.45. The van der Waals surface area contributed by atoms with Crippen molar-refractivity contribution in [2.24, 2.45) is 5.92 Å². The summed E-state index contributed by atoms with van der Waals surface area (Å²) in [5, 5.41) is 10.7. The topological polar surface area (TPSA) is 60.2 Å². The SMILES string of the molecule is CC(C)C(=O)CCc1ccccc1[N+](=O)[O-]. The first-order valence-electron chi connectivity index (χ1n) is 5.27. The van der Waals surface area contributed by atoms with Gasteiger partial charge in [-0.1, -0.05) is 32.0 Å². The van der Waals surface area contributed by atoms with E-state index in [9.17, 15) is 14.9 Å². The van der Waals surface area contributed by atoms with Crippen molar-refractivity contribution in [3.63, 3.8) is 0 Å². The van der Waals surface area contributed by atoms with Gasteiger partial charge in [0.2, 0.25) is 0 Å². The van der Waals surface area contributed by atoms with Crippen LogP contribution in [0.3, 0.4) is 0 Å². The van der Waals surface area contributed by atoms with Crippen molar-refractivity contribution in [1.82, 2.24) is 0 Å². The minimum absolute atomic E-state index is 0.0113. The number of nitro benzene ring substituents is 1. The summed E-state index contributed by atoms with van der Waals surface area (Å²) in [5.41, 5.74) is 0.723. The zero-order valence-electron chi connectivity index (χ0n) is 9.47. The maximum absolute atomic E-state index is 11.4. The summed E-state index contributed by atoms with van der Waals surface area (Å²) in [6, 6.07) is 6.55. The van der Waals surface area contributed by atoms with Crippen LogP contribution in [0.4, 0.5) is 5.69 Å². The van der Waals surface area contributed by atoms with Gasteiger partial charge in [-0.2, -0.15) is 0 Å². The van der Waals surface area contributed by atoms with Gasteiger partial charge in [0.1, 0.15) is 5.78 Å². The molecule has 0 aliphatic heterocycles. The van der Waals surface area contributed by atoms with E-state index in [-0.39, 0.29) is 17.4 Å². The number of hydrogen-bond acceptors (Lipinski definition) is 3. The van der Waals surface area contributed by atoms with Crippen molar-refractivity contribution in [2.45, 2.75) is 26.7 Å². The van der Waals surface area contributed by atoms with Crippen LogP contribution in [0, 0.1) is 16.0 Å². The lowest BCUT2D eigenvalue weighted by Gasteiger charge is -2.04. The van der Waals surface area contributed by atoms with Crippen LogP contribution < -0.4 is 0 Å². The molecule has 4 heteroatoms. The standard InChI is InChI=1S/C12H15NO3/c1-9(2)12(14)8-7-10-5-3-4-6-11(10)13(15)16/h3-6,9H,7-8H2,1-2H3. The number of rotatable bonds is 5.